The number of nitrogens with zero attached hydrogens (tertiary/aromatic N) is 1. The van der Waals surface area contributed by atoms with Gasteiger partial charge in [0.2, 0.25) is 5.91 Å². The van der Waals surface area contributed by atoms with Crippen molar-refractivity contribution in [3.63, 3.8) is 0 Å². The number of hydrogen-bond acceptors (Lipinski definition) is 3. The third-order valence-electron chi connectivity index (χ3n) is 4.86. The maximum atomic E-state index is 12.2. The molecule has 1 aliphatic heterocycles. The summed E-state index contributed by atoms with van der Waals surface area (Å²) in [6.07, 6.45) is 2.36. The Morgan fingerprint density at radius 2 is 1.93 bits per heavy atom. The number of hydrogen-bond donors (Lipinski definition) is 1. The van der Waals surface area contributed by atoms with Crippen LogP contribution >= 0.6 is 11.6 Å². The van der Waals surface area contributed by atoms with Gasteiger partial charge in [0.05, 0.1) is 13.0 Å². The minimum Gasteiger partial charge on any atom is -0.493 e. The summed E-state index contributed by atoms with van der Waals surface area (Å²) in [5.41, 5.74) is 2.43. The number of nitrogens with one attached hydrogen (secondary N) is 1. The summed E-state index contributed by atoms with van der Waals surface area (Å²) < 4.78 is 5.66. The van der Waals surface area contributed by atoms with Crippen LogP contribution in [0.15, 0.2) is 48.5 Å². The molecule has 0 radical (unpaired) electrons. The lowest BCUT2D eigenvalue weighted by Crippen LogP contribution is -2.44. The van der Waals surface area contributed by atoms with E-state index in [0.717, 1.165) is 48.8 Å². The summed E-state index contributed by atoms with van der Waals surface area (Å²) in [5, 5.41) is 3.92. The molecule has 5 heteroatoms. The molecule has 1 saturated heterocycles. The van der Waals surface area contributed by atoms with Crippen LogP contribution < -0.4 is 10.1 Å². The molecule has 3 rings (SSSR count). The van der Waals surface area contributed by atoms with E-state index in [1.54, 1.807) is 0 Å². The van der Waals surface area contributed by atoms with Crippen molar-refractivity contribution in [2.24, 2.45) is 0 Å². The van der Waals surface area contributed by atoms with E-state index in [-0.39, 0.29) is 11.9 Å². The summed E-state index contributed by atoms with van der Waals surface area (Å²) in [6, 6.07) is 16.2. The van der Waals surface area contributed by atoms with Gasteiger partial charge in [-0.15, -0.1) is 0 Å². The van der Waals surface area contributed by atoms with Crippen LogP contribution in [-0.2, 0) is 11.3 Å². The molecule has 2 aromatic carbocycles. The Labute approximate surface area is 166 Å². The molecule has 0 bridgehead atoms. The van der Waals surface area contributed by atoms with Crippen LogP contribution in [-0.4, -0.2) is 36.5 Å². The molecular formula is C22H27ClN2O2. The number of carbonyl (C=O) groups excluding carboxylic acids is 1. The molecule has 0 atom stereocenters. The molecule has 27 heavy (non-hydrogen) atoms. The number of rotatable bonds is 7. The van der Waals surface area contributed by atoms with Gasteiger partial charge in [-0.1, -0.05) is 35.9 Å². The predicted molar refractivity (Wildman–Crippen MR) is 109 cm³/mol. The Balaban J connectivity index is 1.33. The molecule has 1 N–H and O–H groups in total. The van der Waals surface area contributed by atoms with E-state index >= 15 is 0 Å². The van der Waals surface area contributed by atoms with Crippen molar-refractivity contribution >= 4 is 17.5 Å². The molecule has 0 spiro atoms. The summed E-state index contributed by atoms with van der Waals surface area (Å²) in [4.78, 5) is 14.6. The summed E-state index contributed by atoms with van der Waals surface area (Å²) in [6.45, 7) is 5.35. The Morgan fingerprint density at radius 3 is 2.63 bits per heavy atom. The smallest absolute Gasteiger partial charge is 0.223 e. The first-order chi connectivity index (χ1) is 13.1. The first-order valence-electron chi connectivity index (χ1n) is 9.54. The molecule has 0 aromatic heterocycles. The van der Waals surface area contributed by atoms with Crippen LogP contribution in [0, 0.1) is 6.92 Å². The zero-order chi connectivity index (χ0) is 19.1. The summed E-state index contributed by atoms with van der Waals surface area (Å²) in [5.74, 6) is 0.886. The van der Waals surface area contributed by atoms with Gasteiger partial charge in [0.25, 0.3) is 0 Å². The average molecular weight is 387 g/mol. The van der Waals surface area contributed by atoms with Crippen LogP contribution in [0.3, 0.4) is 0 Å². The average Bonchev–Trinajstić information content (AvgIpc) is 2.65. The van der Waals surface area contributed by atoms with E-state index in [1.807, 2.05) is 43.3 Å². The zero-order valence-electron chi connectivity index (χ0n) is 15.8. The molecule has 144 valence electrons. The predicted octanol–water partition coefficient (Wildman–Crippen LogP) is 4.20. The highest BCUT2D eigenvalue weighted by molar-refractivity contribution is 6.30. The minimum absolute atomic E-state index is 0.0683. The number of likely N-dealkylation sites (tertiary alicyclic amines) is 1. The lowest BCUT2D eigenvalue weighted by molar-refractivity contribution is -0.122. The molecule has 1 fully saturated rings. The number of piperidine rings is 1. The van der Waals surface area contributed by atoms with Gasteiger partial charge in [0.15, 0.2) is 0 Å². The van der Waals surface area contributed by atoms with Crippen LogP contribution in [0.25, 0.3) is 0 Å². The number of ether oxygens (including phenoxy) is 1. The molecule has 0 saturated carbocycles. The molecule has 1 amide bonds. The van der Waals surface area contributed by atoms with Gasteiger partial charge in [0, 0.05) is 30.7 Å². The maximum absolute atomic E-state index is 12.2. The Morgan fingerprint density at radius 1 is 1.19 bits per heavy atom. The second-order valence-corrected chi connectivity index (χ2v) is 7.60. The van der Waals surface area contributed by atoms with Crippen molar-refractivity contribution < 1.29 is 9.53 Å². The molecule has 1 aliphatic rings. The lowest BCUT2D eigenvalue weighted by Gasteiger charge is -2.32. The van der Waals surface area contributed by atoms with Crippen molar-refractivity contribution in [3.8, 4) is 5.75 Å². The highest BCUT2D eigenvalue weighted by Crippen LogP contribution is 2.16. The van der Waals surface area contributed by atoms with Gasteiger partial charge in [-0.3, -0.25) is 9.69 Å². The highest BCUT2D eigenvalue weighted by atomic mass is 35.5. The monoisotopic (exact) mass is 386 g/mol. The van der Waals surface area contributed by atoms with Crippen molar-refractivity contribution in [2.45, 2.75) is 38.8 Å². The largest absolute Gasteiger partial charge is 0.493 e. The van der Waals surface area contributed by atoms with Crippen molar-refractivity contribution in [1.82, 2.24) is 10.2 Å². The lowest BCUT2D eigenvalue weighted by atomic mass is 10.0. The van der Waals surface area contributed by atoms with Crippen LogP contribution in [0.1, 0.15) is 30.4 Å². The number of amides is 1. The highest BCUT2D eigenvalue weighted by Gasteiger charge is 2.20. The fourth-order valence-electron chi connectivity index (χ4n) is 3.35. The third kappa shape index (κ3) is 6.56. The van der Waals surface area contributed by atoms with Gasteiger partial charge >= 0.3 is 0 Å². The molecule has 1 heterocycles. The van der Waals surface area contributed by atoms with E-state index in [4.69, 9.17) is 16.3 Å². The molecular weight excluding hydrogens is 360 g/mol. The van der Waals surface area contributed by atoms with E-state index in [1.165, 1.54) is 5.56 Å². The molecule has 0 aliphatic carbocycles. The Hall–Kier alpha value is -2.04. The van der Waals surface area contributed by atoms with E-state index in [0.29, 0.717) is 13.0 Å². The van der Waals surface area contributed by atoms with Gasteiger partial charge in [0.1, 0.15) is 5.75 Å². The van der Waals surface area contributed by atoms with Gasteiger partial charge < -0.3 is 10.1 Å². The summed E-state index contributed by atoms with van der Waals surface area (Å²) in [7, 11) is 0. The van der Waals surface area contributed by atoms with E-state index < -0.39 is 0 Å². The Kier molecular flexibility index (Phi) is 7.13. The fourth-order valence-corrected chi connectivity index (χ4v) is 3.48. The quantitative estimate of drug-likeness (QED) is 0.775. The van der Waals surface area contributed by atoms with Gasteiger partial charge in [-0.05, 0) is 55.2 Å². The number of halogens is 1. The third-order valence-corrected chi connectivity index (χ3v) is 5.11. The maximum Gasteiger partial charge on any atom is 0.223 e. The van der Waals surface area contributed by atoms with Crippen LogP contribution in [0.5, 0.6) is 5.75 Å². The standard InChI is InChI=1S/C22H27ClN2O2/c1-17-3-2-4-21(15-17)27-14-11-22(26)24-20-9-12-25(13-10-20)16-18-5-7-19(23)8-6-18/h2-8,15,20H,9-14,16H2,1H3,(H,24,26). The van der Waals surface area contributed by atoms with Crippen LogP contribution in [0.4, 0.5) is 0 Å². The minimum atomic E-state index is 0.0683. The van der Waals surface area contributed by atoms with Gasteiger partial charge in [-0.2, -0.15) is 0 Å². The van der Waals surface area contributed by atoms with E-state index in [9.17, 15) is 4.79 Å². The normalized spacial score (nSPS) is 15.5. The van der Waals surface area contributed by atoms with Crippen LogP contribution in [0.2, 0.25) is 5.02 Å². The number of aryl methyl sites for hydroxylation is 1. The van der Waals surface area contributed by atoms with Crippen molar-refractivity contribution in [1.29, 1.82) is 0 Å². The zero-order valence-corrected chi connectivity index (χ0v) is 16.5. The first-order valence-corrected chi connectivity index (χ1v) is 9.92. The second-order valence-electron chi connectivity index (χ2n) is 7.16. The second kappa shape index (κ2) is 9.77. The van der Waals surface area contributed by atoms with Gasteiger partial charge in [-0.25, -0.2) is 0 Å². The molecule has 2 aromatic rings. The first kappa shape index (κ1) is 19.7. The SMILES string of the molecule is Cc1cccc(OCCC(=O)NC2CCN(Cc3ccc(Cl)cc3)CC2)c1. The fraction of sp³-hybridized carbons (Fsp3) is 0.409. The number of benzene rings is 2. The molecule has 4 nitrogen and oxygen atoms in total. The van der Waals surface area contributed by atoms with Crippen molar-refractivity contribution in [3.05, 3.63) is 64.7 Å². The summed E-state index contributed by atoms with van der Waals surface area (Å²) >= 11 is 5.94. The number of carbonyl (C=O) groups is 1. The van der Waals surface area contributed by atoms with Crippen molar-refractivity contribution in [2.75, 3.05) is 19.7 Å². The topological polar surface area (TPSA) is 41.6 Å². The van der Waals surface area contributed by atoms with E-state index in [2.05, 4.69) is 22.3 Å². The Bertz CT molecular complexity index is 740. The molecule has 0 unspecified atom stereocenters.